The van der Waals surface area contributed by atoms with Gasteiger partial charge in [-0.3, -0.25) is 4.90 Å². The monoisotopic (exact) mass is 347 g/mol. The summed E-state index contributed by atoms with van der Waals surface area (Å²) in [5.74, 6) is 0.981. The van der Waals surface area contributed by atoms with Gasteiger partial charge in [-0.2, -0.15) is 0 Å². The maximum atomic E-state index is 12.3. The summed E-state index contributed by atoms with van der Waals surface area (Å²) < 4.78 is 5.40. The van der Waals surface area contributed by atoms with E-state index < -0.39 is 17.7 Å². The Balaban J connectivity index is 1.94. The van der Waals surface area contributed by atoms with Crippen LogP contribution >= 0.6 is 0 Å². The first-order chi connectivity index (χ1) is 11.8. The zero-order valence-corrected chi connectivity index (χ0v) is 15.7. The van der Waals surface area contributed by atoms with E-state index >= 15 is 0 Å². The molecule has 0 saturated heterocycles. The Bertz CT molecular complexity index is 610. The van der Waals surface area contributed by atoms with Gasteiger partial charge in [0.2, 0.25) is 0 Å². The summed E-state index contributed by atoms with van der Waals surface area (Å²) in [6.07, 6.45) is 4.00. The molecule has 1 aromatic rings. The van der Waals surface area contributed by atoms with Gasteiger partial charge in [0.05, 0.1) is 6.04 Å². The number of aryl methyl sites for hydroxylation is 2. The van der Waals surface area contributed by atoms with Crippen LogP contribution in [0.1, 0.15) is 51.8 Å². The van der Waals surface area contributed by atoms with Gasteiger partial charge in [0, 0.05) is 18.8 Å². The Kier molecular flexibility index (Phi) is 6.39. The fraction of sp³-hybridized carbons (Fsp3) is 0.632. The SMILES string of the molecule is CC(C=O)N(CCCc1ccc2c(n1)NCCC2)C(=O)OC(C)(C)C. The van der Waals surface area contributed by atoms with Gasteiger partial charge < -0.3 is 14.8 Å². The summed E-state index contributed by atoms with van der Waals surface area (Å²) in [7, 11) is 0. The first kappa shape index (κ1) is 19.2. The molecule has 1 atom stereocenters. The summed E-state index contributed by atoms with van der Waals surface area (Å²) in [4.78, 5) is 29.6. The molecule has 0 aliphatic carbocycles. The maximum Gasteiger partial charge on any atom is 0.410 e. The van der Waals surface area contributed by atoms with Crippen molar-refractivity contribution in [1.82, 2.24) is 9.88 Å². The molecular weight excluding hydrogens is 318 g/mol. The minimum Gasteiger partial charge on any atom is -0.444 e. The van der Waals surface area contributed by atoms with Gasteiger partial charge >= 0.3 is 6.09 Å². The predicted molar refractivity (Wildman–Crippen MR) is 97.8 cm³/mol. The Morgan fingerprint density at radius 3 is 2.88 bits per heavy atom. The third kappa shape index (κ3) is 5.73. The lowest BCUT2D eigenvalue weighted by Crippen LogP contribution is -2.43. The van der Waals surface area contributed by atoms with Crippen molar-refractivity contribution in [3.63, 3.8) is 0 Å². The van der Waals surface area contributed by atoms with Gasteiger partial charge in [-0.25, -0.2) is 9.78 Å². The number of nitrogens with one attached hydrogen (secondary N) is 1. The third-order valence-corrected chi connectivity index (χ3v) is 4.10. The number of amides is 1. The van der Waals surface area contributed by atoms with Crippen LogP contribution in [-0.4, -0.2) is 47.0 Å². The van der Waals surface area contributed by atoms with Crippen molar-refractivity contribution < 1.29 is 14.3 Å². The van der Waals surface area contributed by atoms with Crippen molar-refractivity contribution in [1.29, 1.82) is 0 Å². The van der Waals surface area contributed by atoms with Crippen LogP contribution in [0, 0.1) is 0 Å². The molecule has 0 radical (unpaired) electrons. The van der Waals surface area contributed by atoms with E-state index in [0.29, 0.717) is 6.54 Å². The third-order valence-electron chi connectivity index (χ3n) is 4.10. The fourth-order valence-corrected chi connectivity index (χ4v) is 2.79. The number of fused-ring (bicyclic) bond motifs is 1. The second kappa shape index (κ2) is 8.32. The molecule has 0 spiro atoms. The van der Waals surface area contributed by atoms with Gasteiger partial charge in [-0.1, -0.05) is 6.07 Å². The molecule has 1 unspecified atom stereocenters. The van der Waals surface area contributed by atoms with E-state index in [4.69, 9.17) is 4.74 Å². The van der Waals surface area contributed by atoms with Crippen LogP contribution in [0.4, 0.5) is 10.6 Å². The van der Waals surface area contributed by atoms with E-state index in [1.165, 1.54) is 10.5 Å². The smallest absolute Gasteiger partial charge is 0.410 e. The average molecular weight is 347 g/mol. The number of pyridine rings is 1. The number of anilines is 1. The minimum absolute atomic E-state index is 0.452. The maximum absolute atomic E-state index is 12.3. The molecule has 2 rings (SSSR count). The highest BCUT2D eigenvalue weighted by Crippen LogP contribution is 2.20. The van der Waals surface area contributed by atoms with Crippen molar-refractivity contribution in [2.75, 3.05) is 18.4 Å². The molecule has 25 heavy (non-hydrogen) atoms. The lowest BCUT2D eigenvalue weighted by atomic mass is 10.1. The number of aromatic nitrogens is 1. The molecule has 6 heteroatoms. The van der Waals surface area contributed by atoms with Crippen LogP contribution in [-0.2, 0) is 22.4 Å². The van der Waals surface area contributed by atoms with Crippen molar-refractivity contribution in [2.45, 2.75) is 65.0 Å². The first-order valence-electron chi connectivity index (χ1n) is 8.98. The van der Waals surface area contributed by atoms with Crippen LogP contribution in [0.25, 0.3) is 0 Å². The quantitative estimate of drug-likeness (QED) is 0.800. The van der Waals surface area contributed by atoms with Gasteiger partial charge in [0.15, 0.2) is 0 Å². The predicted octanol–water partition coefficient (Wildman–Crippen LogP) is 3.20. The Hall–Kier alpha value is -2.11. The largest absolute Gasteiger partial charge is 0.444 e. The van der Waals surface area contributed by atoms with Gasteiger partial charge in [-0.05, 0) is 65.0 Å². The highest BCUT2D eigenvalue weighted by atomic mass is 16.6. The molecule has 6 nitrogen and oxygen atoms in total. The molecule has 0 aromatic carbocycles. The van der Waals surface area contributed by atoms with E-state index in [0.717, 1.165) is 50.0 Å². The molecule has 1 aliphatic heterocycles. The minimum atomic E-state index is -0.580. The van der Waals surface area contributed by atoms with Crippen molar-refractivity contribution in [3.8, 4) is 0 Å². The highest BCUT2D eigenvalue weighted by Gasteiger charge is 2.25. The number of ether oxygens (including phenoxy) is 1. The molecule has 1 N–H and O–H groups in total. The summed E-state index contributed by atoms with van der Waals surface area (Å²) in [5.41, 5.74) is 1.68. The van der Waals surface area contributed by atoms with E-state index in [9.17, 15) is 9.59 Å². The molecule has 1 amide bonds. The van der Waals surface area contributed by atoms with E-state index in [-0.39, 0.29) is 0 Å². The van der Waals surface area contributed by atoms with Crippen LogP contribution in [0.3, 0.4) is 0 Å². The average Bonchev–Trinajstić information content (AvgIpc) is 2.56. The van der Waals surface area contributed by atoms with Crippen LogP contribution in [0.5, 0.6) is 0 Å². The highest BCUT2D eigenvalue weighted by molar-refractivity contribution is 5.73. The van der Waals surface area contributed by atoms with Crippen molar-refractivity contribution >= 4 is 18.2 Å². The molecule has 0 fully saturated rings. The molecule has 2 heterocycles. The molecule has 1 aliphatic rings. The Labute approximate surface area is 150 Å². The lowest BCUT2D eigenvalue weighted by molar-refractivity contribution is -0.112. The summed E-state index contributed by atoms with van der Waals surface area (Å²) in [6.45, 7) is 8.59. The van der Waals surface area contributed by atoms with Gasteiger partial charge in [0.1, 0.15) is 17.7 Å². The Morgan fingerprint density at radius 1 is 1.44 bits per heavy atom. The lowest BCUT2D eigenvalue weighted by Gasteiger charge is -2.29. The molecule has 138 valence electrons. The number of hydrogen-bond donors (Lipinski definition) is 1. The van der Waals surface area contributed by atoms with Gasteiger partial charge in [0.25, 0.3) is 0 Å². The van der Waals surface area contributed by atoms with E-state index in [1.807, 2.05) is 26.8 Å². The van der Waals surface area contributed by atoms with Crippen molar-refractivity contribution in [3.05, 3.63) is 23.4 Å². The summed E-state index contributed by atoms with van der Waals surface area (Å²) in [6, 6.07) is 3.67. The zero-order valence-electron chi connectivity index (χ0n) is 15.7. The molecule has 1 aromatic heterocycles. The summed E-state index contributed by atoms with van der Waals surface area (Å²) in [5, 5.41) is 3.33. The van der Waals surface area contributed by atoms with Crippen molar-refractivity contribution in [2.24, 2.45) is 0 Å². The Morgan fingerprint density at radius 2 is 2.20 bits per heavy atom. The second-order valence-corrected chi connectivity index (χ2v) is 7.49. The number of carbonyl (C=O) groups excluding carboxylic acids is 2. The first-order valence-corrected chi connectivity index (χ1v) is 8.98. The van der Waals surface area contributed by atoms with E-state index in [1.54, 1.807) is 6.92 Å². The second-order valence-electron chi connectivity index (χ2n) is 7.49. The summed E-state index contributed by atoms with van der Waals surface area (Å²) >= 11 is 0. The topological polar surface area (TPSA) is 71.5 Å². The molecular formula is C19H29N3O3. The number of carbonyl (C=O) groups is 2. The van der Waals surface area contributed by atoms with E-state index in [2.05, 4.69) is 16.4 Å². The normalized spacial score (nSPS) is 14.9. The van der Waals surface area contributed by atoms with Crippen LogP contribution < -0.4 is 5.32 Å². The number of aldehydes is 1. The fourth-order valence-electron chi connectivity index (χ4n) is 2.79. The molecule has 0 bridgehead atoms. The zero-order chi connectivity index (χ0) is 18.4. The number of rotatable bonds is 6. The molecule has 0 saturated carbocycles. The number of hydrogen-bond acceptors (Lipinski definition) is 5. The van der Waals surface area contributed by atoms with Gasteiger partial charge in [-0.15, -0.1) is 0 Å². The number of nitrogens with zero attached hydrogens (tertiary/aromatic N) is 2. The van der Waals surface area contributed by atoms with Crippen LogP contribution in [0.2, 0.25) is 0 Å². The standard InChI is InChI=1S/C19H29N3O3/c1-14(13-23)22(18(24)25-19(2,3)4)12-6-8-16-10-9-15-7-5-11-20-17(15)21-16/h9-10,13-14H,5-8,11-12H2,1-4H3,(H,20,21). The van der Waals surface area contributed by atoms with Crippen LogP contribution in [0.15, 0.2) is 12.1 Å².